The zero-order valence-corrected chi connectivity index (χ0v) is 15.0. The van der Waals surface area contributed by atoms with Crippen LogP contribution in [0.2, 0.25) is 0 Å². The Labute approximate surface area is 150 Å². The third-order valence-electron chi connectivity index (χ3n) is 3.64. The summed E-state index contributed by atoms with van der Waals surface area (Å²) < 4.78 is 5.59. The number of amides is 1. The van der Waals surface area contributed by atoms with E-state index in [-0.39, 0.29) is 11.7 Å². The van der Waals surface area contributed by atoms with Crippen molar-refractivity contribution in [2.24, 2.45) is 0 Å². The minimum absolute atomic E-state index is 0.0958. The Kier molecular flexibility index (Phi) is 5.50. The van der Waals surface area contributed by atoms with Gasteiger partial charge in [0, 0.05) is 5.69 Å². The molecule has 25 heavy (non-hydrogen) atoms. The van der Waals surface area contributed by atoms with Crippen LogP contribution >= 0.6 is 11.8 Å². The highest BCUT2D eigenvalue weighted by Crippen LogP contribution is 2.20. The third-order valence-corrected chi connectivity index (χ3v) is 4.46. The number of hydrogen-bond acceptors (Lipinski definition) is 5. The van der Waals surface area contributed by atoms with Gasteiger partial charge in [0.25, 0.3) is 5.22 Å². The maximum atomic E-state index is 12.1. The van der Waals surface area contributed by atoms with Crippen molar-refractivity contribution in [3.63, 3.8) is 0 Å². The van der Waals surface area contributed by atoms with Crippen LogP contribution in [0.3, 0.4) is 0 Å². The Morgan fingerprint density at radius 2 is 1.92 bits per heavy atom. The molecule has 0 spiro atoms. The predicted octanol–water partition coefficient (Wildman–Crippen LogP) is 4.01. The van der Waals surface area contributed by atoms with E-state index in [2.05, 4.69) is 15.5 Å². The molecular formula is C19H19N3O2S. The van der Waals surface area contributed by atoms with Gasteiger partial charge in [0.15, 0.2) is 0 Å². The second-order valence-corrected chi connectivity index (χ2v) is 6.71. The molecule has 0 unspecified atom stereocenters. The van der Waals surface area contributed by atoms with Gasteiger partial charge in [0.05, 0.1) is 12.2 Å². The van der Waals surface area contributed by atoms with E-state index in [4.69, 9.17) is 4.42 Å². The Morgan fingerprint density at radius 1 is 1.12 bits per heavy atom. The Bertz CT molecular complexity index is 862. The van der Waals surface area contributed by atoms with Crippen molar-refractivity contribution in [1.82, 2.24) is 10.2 Å². The summed E-state index contributed by atoms with van der Waals surface area (Å²) in [5, 5.41) is 11.3. The Morgan fingerprint density at radius 3 is 2.72 bits per heavy atom. The van der Waals surface area contributed by atoms with Crippen molar-refractivity contribution >= 4 is 23.4 Å². The molecule has 1 heterocycles. The fraction of sp³-hybridized carbons (Fsp3) is 0.211. The van der Waals surface area contributed by atoms with Gasteiger partial charge in [0.2, 0.25) is 11.8 Å². The summed E-state index contributed by atoms with van der Waals surface area (Å²) in [6.45, 7) is 3.96. The molecule has 2 aromatic carbocycles. The van der Waals surface area contributed by atoms with E-state index in [0.717, 1.165) is 22.4 Å². The topological polar surface area (TPSA) is 68.0 Å². The van der Waals surface area contributed by atoms with Crippen molar-refractivity contribution in [3.8, 4) is 0 Å². The highest BCUT2D eigenvalue weighted by molar-refractivity contribution is 7.99. The van der Waals surface area contributed by atoms with Crippen molar-refractivity contribution in [2.45, 2.75) is 25.5 Å². The van der Waals surface area contributed by atoms with Gasteiger partial charge in [-0.3, -0.25) is 4.79 Å². The van der Waals surface area contributed by atoms with Crippen LogP contribution in [0.25, 0.3) is 0 Å². The molecule has 0 aliphatic rings. The summed E-state index contributed by atoms with van der Waals surface area (Å²) in [6, 6.07) is 15.9. The molecule has 0 aliphatic heterocycles. The summed E-state index contributed by atoms with van der Waals surface area (Å²) in [5.74, 6) is 0.672. The molecular weight excluding hydrogens is 334 g/mol. The van der Waals surface area contributed by atoms with E-state index in [1.54, 1.807) is 0 Å². The van der Waals surface area contributed by atoms with Crippen molar-refractivity contribution in [3.05, 3.63) is 71.1 Å². The van der Waals surface area contributed by atoms with Gasteiger partial charge in [0.1, 0.15) is 0 Å². The van der Waals surface area contributed by atoms with E-state index >= 15 is 0 Å². The number of anilines is 1. The molecule has 0 radical (unpaired) electrons. The van der Waals surface area contributed by atoms with Gasteiger partial charge < -0.3 is 9.73 Å². The average Bonchev–Trinajstić information content (AvgIpc) is 3.05. The summed E-state index contributed by atoms with van der Waals surface area (Å²) in [7, 11) is 0. The Hall–Kier alpha value is -2.60. The van der Waals surface area contributed by atoms with Crippen LogP contribution in [0.15, 0.2) is 58.2 Å². The van der Waals surface area contributed by atoms with E-state index in [9.17, 15) is 4.79 Å². The lowest BCUT2D eigenvalue weighted by Crippen LogP contribution is -2.14. The molecule has 0 atom stereocenters. The summed E-state index contributed by atoms with van der Waals surface area (Å²) >= 11 is 1.24. The number of nitrogens with zero attached hydrogens (tertiary/aromatic N) is 2. The number of carbonyl (C=O) groups is 1. The van der Waals surface area contributed by atoms with Crippen LogP contribution in [-0.4, -0.2) is 21.9 Å². The van der Waals surface area contributed by atoms with Gasteiger partial charge >= 0.3 is 0 Å². The first-order chi connectivity index (χ1) is 12.1. The van der Waals surface area contributed by atoms with Crippen LogP contribution in [-0.2, 0) is 11.2 Å². The number of benzene rings is 2. The third kappa shape index (κ3) is 4.93. The summed E-state index contributed by atoms with van der Waals surface area (Å²) in [4.78, 5) is 12.1. The molecule has 128 valence electrons. The van der Waals surface area contributed by atoms with Crippen LogP contribution < -0.4 is 5.32 Å². The maximum Gasteiger partial charge on any atom is 0.277 e. The lowest BCUT2D eigenvalue weighted by Gasteiger charge is -2.08. The minimum atomic E-state index is -0.0958. The lowest BCUT2D eigenvalue weighted by molar-refractivity contribution is -0.113. The van der Waals surface area contributed by atoms with Crippen molar-refractivity contribution in [2.75, 3.05) is 11.1 Å². The first-order valence-corrected chi connectivity index (χ1v) is 8.95. The van der Waals surface area contributed by atoms with Crippen molar-refractivity contribution in [1.29, 1.82) is 0 Å². The van der Waals surface area contributed by atoms with E-state index in [1.165, 1.54) is 11.8 Å². The van der Waals surface area contributed by atoms with E-state index < -0.39 is 0 Å². The van der Waals surface area contributed by atoms with Gasteiger partial charge in [-0.25, -0.2) is 0 Å². The number of aromatic nitrogens is 2. The molecule has 0 saturated heterocycles. The van der Waals surface area contributed by atoms with Crippen LogP contribution in [0, 0.1) is 13.8 Å². The smallest absolute Gasteiger partial charge is 0.277 e. The first kappa shape index (κ1) is 17.2. The highest BCUT2D eigenvalue weighted by Gasteiger charge is 2.11. The molecule has 1 amide bonds. The fourth-order valence-corrected chi connectivity index (χ4v) is 2.90. The molecule has 0 aliphatic carbocycles. The summed E-state index contributed by atoms with van der Waals surface area (Å²) in [5.41, 5.74) is 4.08. The maximum absolute atomic E-state index is 12.1. The number of thioether (sulfide) groups is 1. The van der Waals surface area contributed by atoms with E-state index in [1.807, 2.05) is 62.4 Å². The quantitative estimate of drug-likeness (QED) is 0.678. The second-order valence-electron chi connectivity index (χ2n) is 5.78. The minimum Gasteiger partial charge on any atom is -0.416 e. The number of hydrogen-bond donors (Lipinski definition) is 1. The van der Waals surface area contributed by atoms with E-state index in [0.29, 0.717) is 17.5 Å². The number of nitrogens with one attached hydrogen (secondary N) is 1. The average molecular weight is 353 g/mol. The van der Waals surface area contributed by atoms with Crippen LogP contribution in [0.5, 0.6) is 0 Å². The van der Waals surface area contributed by atoms with Crippen LogP contribution in [0.4, 0.5) is 5.69 Å². The molecule has 0 bridgehead atoms. The predicted molar refractivity (Wildman–Crippen MR) is 98.8 cm³/mol. The first-order valence-electron chi connectivity index (χ1n) is 7.96. The molecule has 0 saturated carbocycles. The standard InChI is InChI=1S/C19H19N3O2S/c1-13-8-9-14(2)16(10-13)20-17(23)12-25-19-22-21-18(24-19)11-15-6-4-3-5-7-15/h3-10H,11-12H2,1-2H3,(H,20,23). The van der Waals surface area contributed by atoms with Gasteiger partial charge in [-0.05, 0) is 36.6 Å². The molecule has 3 rings (SSSR count). The fourth-order valence-electron chi connectivity index (χ4n) is 2.32. The van der Waals surface area contributed by atoms with Gasteiger partial charge in [-0.1, -0.05) is 54.2 Å². The lowest BCUT2D eigenvalue weighted by atomic mass is 10.1. The Balaban J connectivity index is 1.53. The highest BCUT2D eigenvalue weighted by atomic mass is 32.2. The summed E-state index contributed by atoms with van der Waals surface area (Å²) in [6.07, 6.45) is 0.586. The zero-order valence-electron chi connectivity index (χ0n) is 14.2. The molecule has 5 nitrogen and oxygen atoms in total. The SMILES string of the molecule is Cc1ccc(C)c(NC(=O)CSc2nnc(Cc3ccccc3)o2)c1. The molecule has 6 heteroatoms. The second kappa shape index (κ2) is 7.98. The van der Waals surface area contributed by atoms with Gasteiger partial charge in [-0.2, -0.15) is 0 Å². The van der Waals surface area contributed by atoms with Crippen LogP contribution in [0.1, 0.15) is 22.6 Å². The zero-order chi connectivity index (χ0) is 17.6. The number of rotatable bonds is 6. The molecule has 0 fully saturated rings. The monoisotopic (exact) mass is 353 g/mol. The molecule has 3 aromatic rings. The number of aryl methyl sites for hydroxylation is 2. The van der Waals surface area contributed by atoms with Crippen molar-refractivity contribution < 1.29 is 9.21 Å². The van der Waals surface area contributed by atoms with Gasteiger partial charge in [-0.15, -0.1) is 10.2 Å². The molecule has 1 N–H and O–H groups in total. The normalized spacial score (nSPS) is 10.6. The largest absolute Gasteiger partial charge is 0.416 e. The number of carbonyl (C=O) groups excluding carboxylic acids is 1. The molecule has 1 aromatic heterocycles.